The molecule has 0 aliphatic carbocycles. The standard InChI is InChI=1S/C26H30N6/c1-6-31(7-2)23-14-10-21(11-15-23)19-29-25(18-27)26(28-5)30-20-22-12-16-24(17-13-22)32(8-3)9-4/h10-17,19-20H,6-9H2,1-4H3. The third-order valence-corrected chi connectivity index (χ3v) is 5.15. The Morgan fingerprint density at radius 1 is 0.812 bits per heavy atom. The van der Waals surface area contributed by atoms with Gasteiger partial charge < -0.3 is 14.6 Å². The first-order valence-corrected chi connectivity index (χ1v) is 10.9. The van der Waals surface area contributed by atoms with E-state index in [9.17, 15) is 5.26 Å². The fraction of sp³-hybridized carbons (Fsp3) is 0.308. The summed E-state index contributed by atoms with van der Waals surface area (Å²) >= 11 is 0. The SMILES string of the molecule is [C-]#[N+]C(N=Cc1ccc(N(CC)CC)cc1)=C(C#N)N=Cc1ccc(N(CC)CC)cc1. The number of hydrogen-bond donors (Lipinski definition) is 0. The van der Waals surface area contributed by atoms with Gasteiger partial charge in [0.05, 0.1) is 0 Å². The fourth-order valence-corrected chi connectivity index (χ4v) is 3.27. The van der Waals surface area contributed by atoms with Gasteiger partial charge in [0.1, 0.15) is 12.3 Å². The Labute approximate surface area is 191 Å². The minimum Gasteiger partial charge on any atom is -0.372 e. The number of aliphatic imine (C=N–C) groups is 2. The molecule has 0 aromatic heterocycles. The largest absolute Gasteiger partial charge is 0.372 e. The second-order valence-corrected chi connectivity index (χ2v) is 6.94. The lowest BCUT2D eigenvalue weighted by molar-refractivity contribution is 0.866. The van der Waals surface area contributed by atoms with E-state index in [1.54, 1.807) is 12.4 Å². The molecule has 0 bridgehead atoms. The van der Waals surface area contributed by atoms with E-state index in [0.29, 0.717) is 0 Å². The Balaban J connectivity index is 2.19. The van der Waals surface area contributed by atoms with Gasteiger partial charge in [0.15, 0.2) is 5.70 Å². The van der Waals surface area contributed by atoms with Crippen molar-refractivity contribution in [1.82, 2.24) is 0 Å². The first-order valence-electron chi connectivity index (χ1n) is 10.9. The van der Waals surface area contributed by atoms with Crippen molar-refractivity contribution >= 4 is 23.8 Å². The van der Waals surface area contributed by atoms with Crippen molar-refractivity contribution in [3.8, 4) is 6.07 Å². The molecular formula is C26H30N6. The summed E-state index contributed by atoms with van der Waals surface area (Å²) < 4.78 is 0. The molecule has 2 aromatic rings. The van der Waals surface area contributed by atoms with E-state index in [0.717, 1.165) is 48.7 Å². The molecule has 6 nitrogen and oxygen atoms in total. The number of hydrogen-bond acceptors (Lipinski definition) is 5. The third-order valence-electron chi connectivity index (χ3n) is 5.15. The molecule has 0 saturated heterocycles. The van der Waals surface area contributed by atoms with Crippen molar-refractivity contribution in [3.63, 3.8) is 0 Å². The molecule has 0 heterocycles. The van der Waals surface area contributed by atoms with Crippen LogP contribution in [0.15, 0.2) is 70.0 Å². The lowest BCUT2D eigenvalue weighted by atomic mass is 10.2. The van der Waals surface area contributed by atoms with E-state index in [4.69, 9.17) is 6.57 Å². The van der Waals surface area contributed by atoms with Crippen molar-refractivity contribution in [2.75, 3.05) is 36.0 Å². The van der Waals surface area contributed by atoms with Gasteiger partial charge in [-0.15, -0.1) is 4.99 Å². The Hall–Kier alpha value is -3.90. The first kappa shape index (κ1) is 24.4. The van der Waals surface area contributed by atoms with Crippen LogP contribution in [0.4, 0.5) is 11.4 Å². The molecule has 0 amide bonds. The molecule has 0 radical (unpaired) electrons. The summed E-state index contributed by atoms with van der Waals surface area (Å²) in [6, 6.07) is 17.9. The Morgan fingerprint density at radius 3 is 1.56 bits per heavy atom. The second-order valence-electron chi connectivity index (χ2n) is 6.94. The second kappa shape index (κ2) is 12.7. The van der Waals surface area contributed by atoms with Crippen molar-refractivity contribution in [3.05, 3.63) is 82.6 Å². The predicted octanol–water partition coefficient (Wildman–Crippen LogP) is 5.53. The highest BCUT2D eigenvalue weighted by atomic mass is 15.1. The van der Waals surface area contributed by atoms with Gasteiger partial charge in [0, 0.05) is 49.3 Å². The Bertz CT molecular complexity index is 940. The van der Waals surface area contributed by atoms with Gasteiger partial charge in [0.25, 0.3) is 0 Å². The van der Waals surface area contributed by atoms with Crippen molar-refractivity contribution < 1.29 is 0 Å². The molecular weight excluding hydrogens is 396 g/mol. The van der Waals surface area contributed by atoms with Crippen LogP contribution < -0.4 is 9.80 Å². The molecule has 6 heteroatoms. The van der Waals surface area contributed by atoms with E-state index in [-0.39, 0.29) is 11.5 Å². The normalized spacial score (nSPS) is 11.8. The maximum Gasteiger partial charge on any atom is 0.306 e. The molecule has 164 valence electrons. The molecule has 0 fully saturated rings. The smallest absolute Gasteiger partial charge is 0.306 e. The van der Waals surface area contributed by atoms with Gasteiger partial charge in [0.2, 0.25) is 0 Å². The van der Waals surface area contributed by atoms with Crippen LogP contribution in [0, 0.1) is 17.9 Å². The summed E-state index contributed by atoms with van der Waals surface area (Å²) in [6.07, 6.45) is 3.18. The minimum absolute atomic E-state index is 0.0103. The summed E-state index contributed by atoms with van der Waals surface area (Å²) in [5, 5.41) is 9.48. The molecule has 0 atom stereocenters. The highest BCUT2D eigenvalue weighted by molar-refractivity contribution is 5.83. The van der Waals surface area contributed by atoms with E-state index in [2.05, 4.69) is 52.3 Å². The number of rotatable bonds is 10. The highest BCUT2D eigenvalue weighted by Gasteiger charge is 2.06. The summed E-state index contributed by atoms with van der Waals surface area (Å²) in [4.78, 5) is 16.3. The summed E-state index contributed by atoms with van der Waals surface area (Å²) in [5.74, 6) is -0.0312. The molecule has 2 rings (SSSR count). The maximum atomic E-state index is 9.48. The van der Waals surface area contributed by atoms with Gasteiger partial charge in [-0.2, -0.15) is 5.26 Å². The zero-order valence-corrected chi connectivity index (χ0v) is 19.3. The van der Waals surface area contributed by atoms with Crippen LogP contribution in [0.25, 0.3) is 4.85 Å². The van der Waals surface area contributed by atoms with E-state index in [1.807, 2.05) is 54.6 Å². The van der Waals surface area contributed by atoms with E-state index < -0.39 is 0 Å². The molecule has 32 heavy (non-hydrogen) atoms. The fourth-order valence-electron chi connectivity index (χ4n) is 3.27. The van der Waals surface area contributed by atoms with Crippen LogP contribution >= 0.6 is 0 Å². The van der Waals surface area contributed by atoms with Crippen molar-refractivity contribution in [1.29, 1.82) is 5.26 Å². The van der Waals surface area contributed by atoms with Crippen LogP contribution in [0.5, 0.6) is 0 Å². The number of nitriles is 1. The van der Waals surface area contributed by atoms with Crippen molar-refractivity contribution in [2.45, 2.75) is 27.7 Å². The lowest BCUT2D eigenvalue weighted by Crippen LogP contribution is -2.21. The monoisotopic (exact) mass is 426 g/mol. The average Bonchev–Trinajstić information content (AvgIpc) is 2.84. The van der Waals surface area contributed by atoms with Crippen LogP contribution in [0.2, 0.25) is 0 Å². The van der Waals surface area contributed by atoms with Gasteiger partial charge in [-0.05, 0) is 69.7 Å². The third kappa shape index (κ3) is 6.55. The molecule has 0 spiro atoms. The quantitative estimate of drug-likeness (QED) is 0.285. The van der Waals surface area contributed by atoms with Crippen LogP contribution in [-0.2, 0) is 0 Å². The van der Waals surface area contributed by atoms with Crippen LogP contribution in [0.3, 0.4) is 0 Å². The lowest BCUT2D eigenvalue weighted by Gasteiger charge is -2.20. The highest BCUT2D eigenvalue weighted by Crippen LogP contribution is 2.16. The molecule has 0 saturated carbocycles. The van der Waals surface area contributed by atoms with E-state index in [1.165, 1.54) is 0 Å². The zero-order chi connectivity index (χ0) is 23.3. The summed E-state index contributed by atoms with van der Waals surface area (Å²) in [7, 11) is 0. The van der Waals surface area contributed by atoms with E-state index >= 15 is 0 Å². The summed E-state index contributed by atoms with van der Waals surface area (Å²) in [6.45, 7) is 19.7. The number of allylic oxidation sites excluding steroid dienone is 1. The van der Waals surface area contributed by atoms with Gasteiger partial charge >= 0.3 is 5.82 Å². The molecule has 0 unspecified atom stereocenters. The Kier molecular flexibility index (Phi) is 9.69. The number of nitrogens with zero attached hydrogens (tertiary/aromatic N) is 6. The molecule has 0 N–H and O–H groups in total. The first-order chi connectivity index (χ1) is 15.6. The van der Waals surface area contributed by atoms with Crippen LogP contribution in [-0.4, -0.2) is 38.6 Å². The number of anilines is 2. The topological polar surface area (TPSA) is 59.4 Å². The average molecular weight is 427 g/mol. The minimum atomic E-state index is -0.0312. The Morgan fingerprint density at radius 2 is 1.22 bits per heavy atom. The summed E-state index contributed by atoms with van der Waals surface area (Å²) in [5.41, 5.74) is 3.98. The van der Waals surface area contributed by atoms with Gasteiger partial charge in [-0.1, -0.05) is 18.7 Å². The zero-order valence-electron chi connectivity index (χ0n) is 19.3. The molecule has 0 aliphatic rings. The predicted molar refractivity (Wildman–Crippen MR) is 134 cm³/mol. The maximum absolute atomic E-state index is 9.48. The van der Waals surface area contributed by atoms with Crippen molar-refractivity contribution in [2.24, 2.45) is 9.98 Å². The molecule has 0 aliphatic heterocycles. The van der Waals surface area contributed by atoms with Gasteiger partial charge in [-0.3, -0.25) is 4.99 Å². The number of benzene rings is 2. The van der Waals surface area contributed by atoms with Crippen LogP contribution in [0.1, 0.15) is 38.8 Å². The molecule has 2 aromatic carbocycles. The van der Waals surface area contributed by atoms with Gasteiger partial charge in [-0.25, -0.2) is 0 Å².